The van der Waals surface area contributed by atoms with Gasteiger partial charge in [-0.25, -0.2) is 4.98 Å². The molecule has 0 aliphatic heterocycles. The van der Waals surface area contributed by atoms with Gasteiger partial charge in [-0.1, -0.05) is 6.92 Å². The summed E-state index contributed by atoms with van der Waals surface area (Å²) in [6.07, 6.45) is 0.564. The van der Waals surface area contributed by atoms with E-state index in [1.807, 2.05) is 13.8 Å². The standard InChI is InChI=1S/C11H13N3O3S/c1-6(4-9(15)16)3-8-13-14-11(17-8)10-7(2)12-5-18-10/h5-6H,3-4H2,1-2H3,(H,15,16). The highest BCUT2D eigenvalue weighted by Gasteiger charge is 2.16. The number of carbonyl (C=O) groups is 1. The average Bonchev–Trinajstić information content (AvgIpc) is 2.85. The van der Waals surface area contributed by atoms with Crippen LogP contribution in [0.5, 0.6) is 0 Å². The van der Waals surface area contributed by atoms with E-state index in [0.29, 0.717) is 18.2 Å². The van der Waals surface area contributed by atoms with Crippen molar-refractivity contribution in [2.45, 2.75) is 26.7 Å². The first-order valence-corrected chi connectivity index (χ1v) is 6.39. The monoisotopic (exact) mass is 267 g/mol. The zero-order valence-corrected chi connectivity index (χ0v) is 10.9. The van der Waals surface area contributed by atoms with Crippen molar-refractivity contribution in [1.29, 1.82) is 0 Å². The fourth-order valence-corrected chi connectivity index (χ4v) is 2.33. The number of carboxylic acid groups (broad SMARTS) is 1. The largest absolute Gasteiger partial charge is 0.481 e. The second-order valence-electron chi connectivity index (χ2n) is 4.18. The Bertz CT molecular complexity index is 549. The first kappa shape index (κ1) is 12.7. The zero-order valence-electron chi connectivity index (χ0n) is 10.1. The molecule has 0 fully saturated rings. The second-order valence-corrected chi connectivity index (χ2v) is 5.03. The predicted octanol–water partition coefficient (Wildman–Crippen LogP) is 2.15. The number of rotatable bonds is 5. The lowest BCUT2D eigenvalue weighted by Crippen LogP contribution is -2.07. The van der Waals surface area contributed by atoms with Gasteiger partial charge >= 0.3 is 5.97 Å². The Hall–Kier alpha value is -1.76. The molecule has 18 heavy (non-hydrogen) atoms. The molecular weight excluding hydrogens is 254 g/mol. The van der Waals surface area contributed by atoms with Gasteiger partial charge in [0, 0.05) is 12.8 Å². The fourth-order valence-electron chi connectivity index (χ4n) is 1.60. The molecule has 0 amide bonds. The molecule has 6 nitrogen and oxygen atoms in total. The van der Waals surface area contributed by atoms with Gasteiger partial charge in [-0.15, -0.1) is 21.5 Å². The smallest absolute Gasteiger partial charge is 0.303 e. The van der Waals surface area contributed by atoms with Crippen LogP contribution in [0.25, 0.3) is 10.8 Å². The number of aromatic nitrogens is 3. The summed E-state index contributed by atoms with van der Waals surface area (Å²) >= 11 is 1.44. The van der Waals surface area contributed by atoms with E-state index in [2.05, 4.69) is 15.2 Å². The number of hydrogen-bond donors (Lipinski definition) is 1. The fraction of sp³-hybridized carbons (Fsp3) is 0.455. The molecule has 1 N–H and O–H groups in total. The molecule has 2 aromatic heterocycles. The number of carboxylic acids is 1. The highest BCUT2D eigenvalue weighted by atomic mass is 32.1. The Labute approximate surface area is 108 Å². The van der Waals surface area contributed by atoms with Crippen molar-refractivity contribution in [2.75, 3.05) is 0 Å². The lowest BCUT2D eigenvalue weighted by Gasteiger charge is -2.03. The zero-order chi connectivity index (χ0) is 13.1. The molecule has 2 rings (SSSR count). The van der Waals surface area contributed by atoms with Crippen LogP contribution in [-0.4, -0.2) is 26.3 Å². The topological polar surface area (TPSA) is 89.1 Å². The molecule has 0 saturated heterocycles. The van der Waals surface area contributed by atoms with Crippen molar-refractivity contribution in [3.8, 4) is 10.8 Å². The predicted molar refractivity (Wildman–Crippen MR) is 65.3 cm³/mol. The lowest BCUT2D eigenvalue weighted by atomic mass is 10.0. The molecular formula is C11H13N3O3S. The molecule has 0 aliphatic carbocycles. The molecule has 1 unspecified atom stereocenters. The van der Waals surface area contributed by atoms with Crippen molar-refractivity contribution in [3.05, 3.63) is 17.1 Å². The summed E-state index contributed by atoms with van der Waals surface area (Å²) in [5.74, 6) is 0.0676. The van der Waals surface area contributed by atoms with Gasteiger partial charge in [0.15, 0.2) is 0 Å². The second kappa shape index (κ2) is 5.26. The molecule has 0 radical (unpaired) electrons. The van der Waals surface area contributed by atoms with Gasteiger partial charge in [-0.05, 0) is 12.8 Å². The SMILES string of the molecule is Cc1ncsc1-c1nnc(CC(C)CC(=O)O)o1. The van der Waals surface area contributed by atoms with Crippen LogP contribution in [0.4, 0.5) is 0 Å². The molecule has 7 heteroatoms. The van der Waals surface area contributed by atoms with Gasteiger partial charge in [-0.3, -0.25) is 4.79 Å². The average molecular weight is 267 g/mol. The Kier molecular flexibility index (Phi) is 3.71. The van der Waals surface area contributed by atoms with Gasteiger partial charge in [0.25, 0.3) is 5.89 Å². The molecule has 0 bridgehead atoms. The molecule has 96 valence electrons. The van der Waals surface area contributed by atoms with Gasteiger partial charge in [0.1, 0.15) is 4.88 Å². The summed E-state index contributed by atoms with van der Waals surface area (Å²) in [6, 6.07) is 0. The summed E-state index contributed by atoms with van der Waals surface area (Å²) in [4.78, 5) is 15.5. The van der Waals surface area contributed by atoms with E-state index in [-0.39, 0.29) is 12.3 Å². The highest BCUT2D eigenvalue weighted by molar-refractivity contribution is 7.13. The normalized spacial score (nSPS) is 12.6. The summed E-state index contributed by atoms with van der Waals surface area (Å²) in [5, 5.41) is 16.6. The van der Waals surface area contributed by atoms with Crippen molar-refractivity contribution in [1.82, 2.24) is 15.2 Å². The Morgan fingerprint density at radius 1 is 1.56 bits per heavy atom. The highest BCUT2D eigenvalue weighted by Crippen LogP contribution is 2.26. The molecule has 2 aromatic rings. The van der Waals surface area contributed by atoms with E-state index in [9.17, 15) is 4.79 Å². The third-order valence-corrected chi connectivity index (χ3v) is 3.37. The number of thiazole rings is 1. The molecule has 1 atom stereocenters. The van der Waals surface area contributed by atoms with Crippen LogP contribution in [0.15, 0.2) is 9.93 Å². The van der Waals surface area contributed by atoms with Gasteiger partial charge in [0.2, 0.25) is 5.89 Å². The van der Waals surface area contributed by atoms with Crippen molar-refractivity contribution >= 4 is 17.3 Å². The number of aryl methyl sites for hydroxylation is 1. The minimum absolute atomic E-state index is 0.0293. The third-order valence-electron chi connectivity index (χ3n) is 2.45. The van der Waals surface area contributed by atoms with Crippen LogP contribution >= 0.6 is 11.3 Å². The lowest BCUT2D eigenvalue weighted by molar-refractivity contribution is -0.137. The summed E-state index contributed by atoms with van der Waals surface area (Å²) in [6.45, 7) is 3.72. The van der Waals surface area contributed by atoms with E-state index >= 15 is 0 Å². The first-order chi connectivity index (χ1) is 8.56. The minimum Gasteiger partial charge on any atom is -0.481 e. The van der Waals surface area contributed by atoms with E-state index in [0.717, 1.165) is 10.6 Å². The number of hydrogen-bond acceptors (Lipinski definition) is 6. The maximum atomic E-state index is 10.6. The van der Waals surface area contributed by atoms with Crippen LogP contribution in [0, 0.1) is 12.8 Å². The Morgan fingerprint density at radius 2 is 2.33 bits per heavy atom. The van der Waals surface area contributed by atoms with Gasteiger partial charge in [0.05, 0.1) is 11.2 Å². The van der Waals surface area contributed by atoms with Crippen molar-refractivity contribution < 1.29 is 14.3 Å². The number of nitrogens with zero attached hydrogens (tertiary/aromatic N) is 3. The van der Waals surface area contributed by atoms with Gasteiger partial charge in [-0.2, -0.15) is 0 Å². The maximum Gasteiger partial charge on any atom is 0.303 e. The Balaban J connectivity index is 2.07. The van der Waals surface area contributed by atoms with Crippen LogP contribution in [-0.2, 0) is 11.2 Å². The summed E-state index contributed by atoms with van der Waals surface area (Å²) in [7, 11) is 0. The minimum atomic E-state index is -0.819. The quantitative estimate of drug-likeness (QED) is 0.892. The summed E-state index contributed by atoms with van der Waals surface area (Å²) < 4.78 is 5.52. The van der Waals surface area contributed by atoms with Gasteiger partial charge < -0.3 is 9.52 Å². The van der Waals surface area contributed by atoms with E-state index < -0.39 is 5.97 Å². The molecule has 0 aromatic carbocycles. The van der Waals surface area contributed by atoms with E-state index in [1.54, 1.807) is 5.51 Å². The molecule has 0 spiro atoms. The number of aliphatic carboxylic acids is 1. The van der Waals surface area contributed by atoms with Crippen molar-refractivity contribution in [2.24, 2.45) is 5.92 Å². The Morgan fingerprint density at radius 3 is 2.94 bits per heavy atom. The van der Waals surface area contributed by atoms with Crippen LogP contribution in [0.1, 0.15) is 24.9 Å². The van der Waals surface area contributed by atoms with Crippen LogP contribution in [0.3, 0.4) is 0 Å². The van der Waals surface area contributed by atoms with E-state index in [4.69, 9.17) is 9.52 Å². The van der Waals surface area contributed by atoms with Crippen molar-refractivity contribution in [3.63, 3.8) is 0 Å². The molecule has 2 heterocycles. The molecule has 0 aliphatic rings. The third kappa shape index (κ3) is 2.92. The molecule has 0 saturated carbocycles. The van der Waals surface area contributed by atoms with E-state index in [1.165, 1.54) is 11.3 Å². The first-order valence-electron chi connectivity index (χ1n) is 5.51. The summed E-state index contributed by atoms with van der Waals surface area (Å²) in [5.41, 5.74) is 2.58. The van der Waals surface area contributed by atoms with Crippen LogP contribution < -0.4 is 0 Å². The van der Waals surface area contributed by atoms with Crippen LogP contribution in [0.2, 0.25) is 0 Å². The maximum absolute atomic E-state index is 10.6.